The van der Waals surface area contributed by atoms with Crippen LogP contribution in [0.2, 0.25) is 0 Å². The molecule has 1 atom stereocenters. The fourth-order valence-electron chi connectivity index (χ4n) is 3.47. The van der Waals surface area contributed by atoms with E-state index in [1.165, 1.54) is 12.1 Å². The van der Waals surface area contributed by atoms with Crippen molar-refractivity contribution in [2.75, 3.05) is 59.4 Å². The maximum Gasteiger partial charge on any atom is 0.416 e. The molecule has 0 aromatic heterocycles. The predicted molar refractivity (Wildman–Crippen MR) is 128 cm³/mol. The third kappa shape index (κ3) is 9.38. The fourth-order valence-corrected chi connectivity index (χ4v) is 3.47. The average Bonchev–Trinajstić information content (AvgIpc) is 2.70. The molecule has 0 saturated carbocycles. The number of halogens is 4. The van der Waals surface area contributed by atoms with Crippen molar-refractivity contribution in [2.24, 2.45) is 10.9 Å². The van der Waals surface area contributed by atoms with Gasteiger partial charge in [0.15, 0.2) is 5.96 Å². The van der Waals surface area contributed by atoms with Gasteiger partial charge in [-0.2, -0.15) is 13.2 Å². The maximum atomic E-state index is 12.6. The van der Waals surface area contributed by atoms with Crippen LogP contribution in [0.4, 0.5) is 13.2 Å². The van der Waals surface area contributed by atoms with Crippen molar-refractivity contribution in [1.82, 2.24) is 20.4 Å². The summed E-state index contributed by atoms with van der Waals surface area (Å²) in [5.74, 6) is 1.22. The quantitative estimate of drug-likeness (QED) is 0.301. The van der Waals surface area contributed by atoms with Gasteiger partial charge < -0.3 is 20.4 Å². The first-order valence-corrected chi connectivity index (χ1v) is 10.4. The largest absolute Gasteiger partial charge is 0.416 e. The van der Waals surface area contributed by atoms with Crippen LogP contribution >= 0.6 is 24.0 Å². The minimum Gasteiger partial charge on any atom is -0.356 e. The van der Waals surface area contributed by atoms with Crippen LogP contribution in [-0.2, 0) is 12.6 Å². The number of piperazine rings is 1. The van der Waals surface area contributed by atoms with Gasteiger partial charge in [0.05, 0.1) is 5.56 Å². The molecule has 1 aromatic carbocycles. The number of hydrogen-bond donors (Lipinski definition) is 2. The van der Waals surface area contributed by atoms with Gasteiger partial charge in [-0.25, -0.2) is 0 Å². The Bertz CT molecular complexity index is 629. The van der Waals surface area contributed by atoms with Crippen LogP contribution < -0.4 is 10.6 Å². The molecule has 9 heteroatoms. The van der Waals surface area contributed by atoms with Crippen molar-refractivity contribution in [3.8, 4) is 0 Å². The van der Waals surface area contributed by atoms with Crippen molar-refractivity contribution in [2.45, 2.75) is 26.4 Å². The molecule has 172 valence electrons. The van der Waals surface area contributed by atoms with Gasteiger partial charge in [-0.1, -0.05) is 26.0 Å². The number of alkyl halides is 3. The van der Waals surface area contributed by atoms with Gasteiger partial charge in [-0.3, -0.25) is 4.99 Å². The lowest BCUT2D eigenvalue weighted by Gasteiger charge is -2.35. The van der Waals surface area contributed by atoms with E-state index >= 15 is 0 Å². The van der Waals surface area contributed by atoms with Crippen LogP contribution in [0.5, 0.6) is 0 Å². The minimum atomic E-state index is -4.29. The normalized spacial score (nSPS) is 17.3. The topological polar surface area (TPSA) is 42.9 Å². The van der Waals surface area contributed by atoms with E-state index in [0.717, 1.165) is 69.5 Å². The van der Waals surface area contributed by atoms with Crippen LogP contribution in [0.25, 0.3) is 0 Å². The SMILES string of the molecule is CCN1CCN(CC(C)CNC(=NC)NCCc2ccc(C(F)(F)F)cc2)CC1.I. The maximum absolute atomic E-state index is 12.6. The van der Waals surface area contributed by atoms with Gasteiger partial charge in [0, 0.05) is 52.9 Å². The molecule has 2 N–H and O–H groups in total. The van der Waals surface area contributed by atoms with Crippen molar-refractivity contribution in [3.63, 3.8) is 0 Å². The van der Waals surface area contributed by atoms with Crippen LogP contribution in [0.1, 0.15) is 25.0 Å². The fraction of sp³-hybridized carbons (Fsp3) is 0.667. The monoisotopic (exact) mass is 541 g/mol. The molecule has 1 aliphatic heterocycles. The summed E-state index contributed by atoms with van der Waals surface area (Å²) in [7, 11) is 1.72. The molecule has 1 aliphatic rings. The van der Waals surface area contributed by atoms with Gasteiger partial charge in [-0.05, 0) is 36.6 Å². The average molecular weight is 541 g/mol. The highest BCUT2D eigenvalue weighted by Gasteiger charge is 2.29. The van der Waals surface area contributed by atoms with Gasteiger partial charge >= 0.3 is 6.18 Å². The lowest BCUT2D eigenvalue weighted by molar-refractivity contribution is -0.137. The first kappa shape index (κ1) is 27.0. The number of hydrogen-bond acceptors (Lipinski definition) is 3. The van der Waals surface area contributed by atoms with Gasteiger partial charge in [0.2, 0.25) is 0 Å². The number of aliphatic imine (C=N–C) groups is 1. The third-order valence-corrected chi connectivity index (χ3v) is 5.31. The van der Waals surface area contributed by atoms with Gasteiger partial charge in [-0.15, -0.1) is 24.0 Å². The molecule has 0 aliphatic carbocycles. The number of rotatable bonds is 8. The molecule has 30 heavy (non-hydrogen) atoms. The summed E-state index contributed by atoms with van der Waals surface area (Å²) in [6.07, 6.45) is -3.65. The van der Waals surface area contributed by atoms with Crippen molar-refractivity contribution < 1.29 is 13.2 Å². The summed E-state index contributed by atoms with van der Waals surface area (Å²) in [6.45, 7) is 12.6. The van der Waals surface area contributed by atoms with Crippen molar-refractivity contribution in [3.05, 3.63) is 35.4 Å². The molecule has 0 radical (unpaired) electrons. The van der Waals surface area contributed by atoms with Gasteiger partial charge in [0.1, 0.15) is 0 Å². The molecule has 1 saturated heterocycles. The second kappa shape index (κ2) is 13.4. The summed E-state index contributed by atoms with van der Waals surface area (Å²) in [5, 5.41) is 6.58. The molecule has 0 spiro atoms. The summed E-state index contributed by atoms with van der Waals surface area (Å²) in [5.41, 5.74) is 0.248. The first-order chi connectivity index (χ1) is 13.8. The number of nitrogens with zero attached hydrogens (tertiary/aromatic N) is 3. The Morgan fingerprint density at radius 1 is 1.07 bits per heavy atom. The van der Waals surface area contributed by atoms with E-state index in [4.69, 9.17) is 0 Å². The molecular formula is C21H35F3IN5. The number of nitrogens with one attached hydrogen (secondary N) is 2. The van der Waals surface area contributed by atoms with E-state index < -0.39 is 11.7 Å². The minimum absolute atomic E-state index is 0. The smallest absolute Gasteiger partial charge is 0.356 e. The standard InChI is InChI=1S/C21H34F3N5.HI/c1-4-28-11-13-29(14-12-28)16-17(2)15-27-20(25-3)26-10-9-18-5-7-19(8-6-18)21(22,23)24;/h5-8,17H,4,9-16H2,1-3H3,(H2,25,26,27);1H. The highest BCUT2D eigenvalue weighted by atomic mass is 127. The molecule has 0 bridgehead atoms. The summed E-state index contributed by atoms with van der Waals surface area (Å²) < 4.78 is 37.8. The second-order valence-electron chi connectivity index (χ2n) is 7.66. The van der Waals surface area contributed by atoms with Crippen LogP contribution in [0.3, 0.4) is 0 Å². The summed E-state index contributed by atoms with van der Waals surface area (Å²) in [6, 6.07) is 5.32. The number of benzene rings is 1. The zero-order valence-electron chi connectivity index (χ0n) is 18.1. The van der Waals surface area contributed by atoms with Crippen LogP contribution in [0.15, 0.2) is 29.3 Å². The van der Waals surface area contributed by atoms with Crippen molar-refractivity contribution in [1.29, 1.82) is 0 Å². The lowest BCUT2D eigenvalue weighted by atomic mass is 10.1. The zero-order valence-corrected chi connectivity index (χ0v) is 20.5. The molecular weight excluding hydrogens is 506 g/mol. The Morgan fingerprint density at radius 3 is 2.20 bits per heavy atom. The van der Waals surface area contributed by atoms with Gasteiger partial charge in [0.25, 0.3) is 0 Å². The Kier molecular flexibility index (Phi) is 12.0. The Morgan fingerprint density at radius 2 is 1.67 bits per heavy atom. The number of likely N-dealkylation sites (N-methyl/N-ethyl adjacent to an activating group) is 1. The van der Waals surface area contributed by atoms with E-state index in [2.05, 4.69) is 39.3 Å². The van der Waals surface area contributed by atoms with E-state index in [9.17, 15) is 13.2 Å². The third-order valence-electron chi connectivity index (χ3n) is 5.31. The lowest BCUT2D eigenvalue weighted by Crippen LogP contribution is -2.48. The summed E-state index contributed by atoms with van der Waals surface area (Å²) >= 11 is 0. The van der Waals surface area contributed by atoms with Crippen LogP contribution in [-0.4, -0.2) is 75.2 Å². The van der Waals surface area contributed by atoms with E-state index in [0.29, 0.717) is 18.9 Å². The predicted octanol–water partition coefficient (Wildman–Crippen LogP) is 3.30. The second-order valence-corrected chi connectivity index (χ2v) is 7.66. The first-order valence-electron chi connectivity index (χ1n) is 10.4. The van der Waals surface area contributed by atoms with E-state index in [1.807, 2.05) is 0 Å². The van der Waals surface area contributed by atoms with Crippen LogP contribution in [0, 0.1) is 5.92 Å². The highest BCUT2D eigenvalue weighted by Crippen LogP contribution is 2.29. The summed E-state index contributed by atoms with van der Waals surface area (Å²) in [4.78, 5) is 9.22. The Hall–Kier alpha value is -1.07. The highest BCUT2D eigenvalue weighted by molar-refractivity contribution is 14.0. The molecule has 1 fully saturated rings. The van der Waals surface area contributed by atoms with Crippen molar-refractivity contribution >= 4 is 29.9 Å². The molecule has 2 rings (SSSR count). The molecule has 1 aromatic rings. The molecule has 1 unspecified atom stereocenters. The number of guanidine groups is 1. The van der Waals surface area contributed by atoms with E-state index in [-0.39, 0.29) is 24.0 Å². The Balaban J connectivity index is 0.00000450. The molecule has 1 heterocycles. The molecule has 0 amide bonds. The molecule has 5 nitrogen and oxygen atoms in total. The van der Waals surface area contributed by atoms with E-state index in [1.54, 1.807) is 7.05 Å². The Labute approximate surface area is 195 Å². The zero-order chi connectivity index (χ0) is 21.3.